The highest BCUT2D eigenvalue weighted by atomic mass is 16.6. The van der Waals surface area contributed by atoms with E-state index in [1.165, 1.54) is 5.56 Å². The molecular formula is C29H24N2O. The van der Waals surface area contributed by atoms with Gasteiger partial charge in [-0.05, 0) is 36.2 Å². The monoisotopic (exact) mass is 416 g/mol. The van der Waals surface area contributed by atoms with E-state index >= 15 is 0 Å². The average Bonchev–Trinajstić information content (AvgIpc) is 3.18. The van der Waals surface area contributed by atoms with Crippen LogP contribution in [0.4, 0.5) is 0 Å². The molecule has 3 heteroatoms. The molecule has 32 heavy (non-hydrogen) atoms. The van der Waals surface area contributed by atoms with Crippen molar-refractivity contribution in [3.05, 3.63) is 126 Å². The van der Waals surface area contributed by atoms with Gasteiger partial charge in [0.2, 0.25) is 0 Å². The molecule has 0 saturated heterocycles. The van der Waals surface area contributed by atoms with Crippen LogP contribution in [0.1, 0.15) is 16.7 Å². The second-order valence-electron chi connectivity index (χ2n) is 7.81. The Kier molecular flexibility index (Phi) is 5.54. The third-order valence-corrected chi connectivity index (χ3v) is 5.58. The topological polar surface area (TPSA) is 26.5 Å². The highest BCUT2D eigenvalue weighted by Crippen LogP contribution is 2.35. The van der Waals surface area contributed by atoms with E-state index in [2.05, 4.69) is 114 Å². The Morgan fingerprint density at radius 1 is 0.750 bits per heavy atom. The van der Waals surface area contributed by atoms with Crippen LogP contribution in [0.25, 0.3) is 27.8 Å². The Morgan fingerprint density at radius 3 is 2.16 bits per heavy atom. The fourth-order valence-electron chi connectivity index (χ4n) is 4.01. The molecule has 0 spiro atoms. The van der Waals surface area contributed by atoms with Crippen molar-refractivity contribution in [2.45, 2.75) is 13.5 Å². The second kappa shape index (κ2) is 8.94. The number of rotatable bonds is 6. The molecule has 3 nitrogen and oxygen atoms in total. The van der Waals surface area contributed by atoms with Crippen molar-refractivity contribution in [1.82, 2.24) is 4.57 Å². The first-order chi connectivity index (χ1) is 15.8. The predicted molar refractivity (Wildman–Crippen MR) is 132 cm³/mol. The molecule has 0 N–H and O–H groups in total. The fourth-order valence-corrected chi connectivity index (χ4v) is 4.01. The Balaban J connectivity index is 1.60. The van der Waals surface area contributed by atoms with E-state index in [1.807, 2.05) is 18.3 Å². The first-order valence-electron chi connectivity index (χ1n) is 10.8. The van der Waals surface area contributed by atoms with Gasteiger partial charge in [0.25, 0.3) is 0 Å². The van der Waals surface area contributed by atoms with Crippen molar-refractivity contribution >= 4 is 17.1 Å². The third kappa shape index (κ3) is 3.93. The van der Waals surface area contributed by atoms with Crippen molar-refractivity contribution in [3.8, 4) is 16.9 Å². The summed E-state index contributed by atoms with van der Waals surface area (Å²) in [4.78, 5) is 5.68. The Hall–Kier alpha value is -4.11. The first-order valence-corrected chi connectivity index (χ1v) is 10.8. The van der Waals surface area contributed by atoms with Crippen LogP contribution in [0.15, 0.2) is 114 Å². The molecule has 0 fully saturated rings. The number of benzene rings is 4. The lowest BCUT2D eigenvalue weighted by atomic mass is 10.1. The van der Waals surface area contributed by atoms with Crippen LogP contribution in [-0.2, 0) is 11.4 Å². The summed E-state index contributed by atoms with van der Waals surface area (Å²) in [6.45, 7) is 2.52. The molecule has 156 valence electrons. The summed E-state index contributed by atoms with van der Waals surface area (Å²) >= 11 is 0. The van der Waals surface area contributed by atoms with E-state index in [9.17, 15) is 0 Å². The summed E-state index contributed by atoms with van der Waals surface area (Å²) in [5.74, 6) is 0. The number of hydrogen-bond donors (Lipinski definition) is 0. The van der Waals surface area contributed by atoms with Gasteiger partial charge in [-0.3, -0.25) is 0 Å². The van der Waals surface area contributed by atoms with E-state index in [0.29, 0.717) is 6.61 Å². The zero-order valence-electron chi connectivity index (χ0n) is 18.0. The van der Waals surface area contributed by atoms with Crippen LogP contribution >= 0.6 is 0 Å². The summed E-state index contributed by atoms with van der Waals surface area (Å²) in [5.41, 5.74) is 7.86. The molecule has 4 aromatic carbocycles. The van der Waals surface area contributed by atoms with E-state index in [-0.39, 0.29) is 0 Å². The summed E-state index contributed by atoms with van der Waals surface area (Å²) in [6.07, 6.45) is 1.85. The molecule has 0 aliphatic rings. The lowest BCUT2D eigenvalue weighted by Gasteiger charge is -2.12. The van der Waals surface area contributed by atoms with Gasteiger partial charge in [0, 0.05) is 16.6 Å². The van der Waals surface area contributed by atoms with Gasteiger partial charge in [-0.1, -0.05) is 102 Å². The fraction of sp³-hybridized carbons (Fsp3) is 0.0690. The Bertz CT molecular complexity index is 1350. The molecule has 1 heterocycles. The van der Waals surface area contributed by atoms with E-state index < -0.39 is 0 Å². The van der Waals surface area contributed by atoms with Crippen molar-refractivity contribution in [2.75, 3.05) is 0 Å². The molecule has 0 unspecified atom stereocenters. The number of para-hydroxylation sites is 2. The van der Waals surface area contributed by atoms with Crippen LogP contribution in [0.2, 0.25) is 0 Å². The number of nitrogens with zero attached hydrogens (tertiary/aromatic N) is 2. The van der Waals surface area contributed by atoms with Crippen molar-refractivity contribution in [1.29, 1.82) is 0 Å². The van der Waals surface area contributed by atoms with Crippen LogP contribution in [0, 0.1) is 6.92 Å². The smallest absolute Gasteiger partial charge is 0.142 e. The Morgan fingerprint density at radius 2 is 1.41 bits per heavy atom. The molecule has 5 aromatic rings. The van der Waals surface area contributed by atoms with Gasteiger partial charge in [-0.15, -0.1) is 0 Å². The van der Waals surface area contributed by atoms with Gasteiger partial charge >= 0.3 is 0 Å². The number of hydrogen-bond acceptors (Lipinski definition) is 2. The van der Waals surface area contributed by atoms with E-state index in [4.69, 9.17) is 4.84 Å². The molecule has 0 amide bonds. The maximum atomic E-state index is 5.68. The van der Waals surface area contributed by atoms with Gasteiger partial charge in [0.05, 0.1) is 17.4 Å². The zero-order valence-corrected chi connectivity index (χ0v) is 18.0. The minimum atomic E-state index is 0.439. The molecular weight excluding hydrogens is 392 g/mol. The van der Waals surface area contributed by atoms with Gasteiger partial charge in [-0.25, -0.2) is 0 Å². The quantitative estimate of drug-likeness (QED) is 0.213. The van der Waals surface area contributed by atoms with Gasteiger partial charge < -0.3 is 9.40 Å². The lowest BCUT2D eigenvalue weighted by molar-refractivity contribution is 0.132. The second-order valence-corrected chi connectivity index (χ2v) is 7.81. The SMILES string of the molecule is Cc1ccc(CO/N=C\c2c(-c3ccccc3)n(-c3ccccc3)c3ccccc23)cc1. The van der Waals surface area contributed by atoms with Crippen LogP contribution < -0.4 is 0 Å². The number of aryl methyl sites for hydroxylation is 1. The molecule has 0 saturated carbocycles. The molecule has 5 rings (SSSR count). The molecule has 0 aliphatic heterocycles. The number of fused-ring (bicyclic) bond motifs is 1. The molecule has 0 bridgehead atoms. The normalized spacial score (nSPS) is 11.3. The first kappa shape index (κ1) is 19.8. The predicted octanol–water partition coefficient (Wildman–Crippen LogP) is 7.16. The van der Waals surface area contributed by atoms with Crippen molar-refractivity contribution in [3.63, 3.8) is 0 Å². The van der Waals surface area contributed by atoms with Crippen molar-refractivity contribution < 1.29 is 4.84 Å². The number of oxime groups is 1. The minimum Gasteiger partial charge on any atom is -0.391 e. The largest absolute Gasteiger partial charge is 0.391 e. The van der Waals surface area contributed by atoms with Gasteiger partial charge in [0.15, 0.2) is 0 Å². The van der Waals surface area contributed by atoms with Crippen LogP contribution in [0.5, 0.6) is 0 Å². The highest BCUT2D eigenvalue weighted by Gasteiger charge is 2.18. The third-order valence-electron chi connectivity index (χ3n) is 5.58. The van der Waals surface area contributed by atoms with Crippen LogP contribution in [0.3, 0.4) is 0 Å². The summed E-state index contributed by atoms with van der Waals surface area (Å²) in [7, 11) is 0. The van der Waals surface area contributed by atoms with E-state index in [0.717, 1.165) is 39.0 Å². The maximum absolute atomic E-state index is 5.68. The Labute approximate surface area is 188 Å². The molecule has 0 radical (unpaired) electrons. The minimum absolute atomic E-state index is 0.439. The lowest BCUT2D eigenvalue weighted by Crippen LogP contribution is -1.98. The number of aromatic nitrogens is 1. The average molecular weight is 417 g/mol. The highest BCUT2D eigenvalue weighted by molar-refractivity contribution is 6.07. The van der Waals surface area contributed by atoms with Crippen LogP contribution in [-0.4, -0.2) is 10.8 Å². The summed E-state index contributed by atoms with van der Waals surface area (Å²) in [5, 5.41) is 5.50. The summed E-state index contributed by atoms with van der Waals surface area (Å²) < 4.78 is 2.30. The zero-order chi connectivity index (χ0) is 21.8. The maximum Gasteiger partial charge on any atom is 0.142 e. The summed E-state index contributed by atoms with van der Waals surface area (Å²) in [6, 6.07) is 37.6. The van der Waals surface area contributed by atoms with E-state index in [1.54, 1.807) is 0 Å². The van der Waals surface area contributed by atoms with Gasteiger partial charge in [-0.2, -0.15) is 0 Å². The molecule has 1 aromatic heterocycles. The van der Waals surface area contributed by atoms with Crippen molar-refractivity contribution in [2.24, 2.45) is 5.16 Å². The van der Waals surface area contributed by atoms with Gasteiger partial charge in [0.1, 0.15) is 6.61 Å². The standard InChI is InChI=1S/C29H24N2O/c1-22-16-18-23(19-17-22)21-32-30-20-27-26-14-8-9-15-28(26)31(25-12-6-3-7-13-25)29(27)24-10-4-2-5-11-24/h2-20H,21H2,1H3/b30-20-. The molecule has 0 atom stereocenters. The molecule has 0 aliphatic carbocycles.